The normalized spacial score (nSPS) is 12.6. The number of nitrogens with zero attached hydrogens (tertiary/aromatic N) is 2. The van der Waals surface area contributed by atoms with Crippen molar-refractivity contribution in [3.8, 4) is 0 Å². The number of rotatable bonds is 2. The van der Waals surface area contributed by atoms with E-state index in [4.69, 9.17) is 5.11 Å². The first-order chi connectivity index (χ1) is 7.99. The molecule has 0 unspecified atom stereocenters. The van der Waals surface area contributed by atoms with E-state index in [1.165, 1.54) is 0 Å². The van der Waals surface area contributed by atoms with Gasteiger partial charge in [0.2, 0.25) is 0 Å². The molecule has 0 saturated heterocycles. The zero-order valence-electron chi connectivity index (χ0n) is 9.44. The first kappa shape index (κ1) is 11.9. The van der Waals surface area contributed by atoms with Crippen molar-refractivity contribution in [3.63, 3.8) is 0 Å². The predicted molar refractivity (Wildman–Crippen MR) is 68.0 cm³/mol. The fourth-order valence-corrected chi connectivity index (χ4v) is 2.38. The van der Waals surface area contributed by atoms with E-state index in [1.54, 1.807) is 6.92 Å². The van der Waals surface area contributed by atoms with Crippen molar-refractivity contribution >= 4 is 33.1 Å². The molecule has 90 valence electrons. The number of halogens is 1. The first-order valence-corrected chi connectivity index (χ1v) is 5.89. The molecule has 0 aliphatic heterocycles. The molecule has 5 nitrogen and oxygen atoms in total. The van der Waals surface area contributed by atoms with Crippen molar-refractivity contribution in [2.45, 2.75) is 13.0 Å². The number of amides is 1. The van der Waals surface area contributed by atoms with E-state index in [0.29, 0.717) is 5.69 Å². The maximum absolute atomic E-state index is 10.6. The first-order valence-electron chi connectivity index (χ1n) is 5.10. The minimum Gasteiger partial charge on any atom is -0.465 e. The smallest absolute Gasteiger partial charge is 0.405 e. The summed E-state index contributed by atoms with van der Waals surface area (Å²) in [5, 5.41) is 11.1. The van der Waals surface area contributed by atoms with Gasteiger partial charge in [-0.2, -0.15) is 0 Å². The molecule has 0 radical (unpaired) electrons. The average Bonchev–Trinajstić information content (AvgIpc) is 2.58. The fourth-order valence-electron chi connectivity index (χ4n) is 1.73. The van der Waals surface area contributed by atoms with Crippen LogP contribution in [0, 0.1) is 0 Å². The van der Waals surface area contributed by atoms with Gasteiger partial charge in [-0.1, -0.05) is 0 Å². The quantitative estimate of drug-likeness (QED) is 0.895. The van der Waals surface area contributed by atoms with Crippen LogP contribution >= 0.6 is 15.9 Å². The number of carboxylic acid groups (broad SMARTS) is 1. The summed E-state index contributed by atoms with van der Waals surface area (Å²) in [7, 11) is 1.94. The second kappa shape index (κ2) is 4.37. The monoisotopic (exact) mass is 297 g/mol. The molecule has 2 aromatic heterocycles. The molecule has 0 saturated carbocycles. The van der Waals surface area contributed by atoms with E-state index in [0.717, 1.165) is 15.5 Å². The Morgan fingerprint density at radius 1 is 1.65 bits per heavy atom. The van der Waals surface area contributed by atoms with Crippen LogP contribution in [0.25, 0.3) is 11.0 Å². The molecule has 0 fully saturated rings. The number of aryl methyl sites for hydroxylation is 1. The van der Waals surface area contributed by atoms with Crippen molar-refractivity contribution in [2.24, 2.45) is 7.05 Å². The lowest BCUT2D eigenvalue weighted by Crippen LogP contribution is -2.25. The molecule has 6 heteroatoms. The van der Waals surface area contributed by atoms with Crippen molar-refractivity contribution in [3.05, 3.63) is 28.5 Å². The van der Waals surface area contributed by atoms with Crippen LogP contribution in [0.3, 0.4) is 0 Å². The molecule has 0 bridgehead atoms. The molecular formula is C11H12BrN3O2. The summed E-state index contributed by atoms with van der Waals surface area (Å²) in [5.74, 6) is 0. The number of hydrogen-bond donors (Lipinski definition) is 2. The van der Waals surface area contributed by atoms with Crippen LogP contribution < -0.4 is 5.32 Å². The molecule has 17 heavy (non-hydrogen) atoms. The number of aromatic nitrogens is 2. The average molecular weight is 298 g/mol. The van der Waals surface area contributed by atoms with Crippen LogP contribution in [0.1, 0.15) is 18.7 Å². The maximum atomic E-state index is 10.6. The molecule has 1 atom stereocenters. The largest absolute Gasteiger partial charge is 0.465 e. The van der Waals surface area contributed by atoms with Gasteiger partial charge in [-0.3, -0.25) is 0 Å². The lowest BCUT2D eigenvalue weighted by molar-refractivity contribution is 0.190. The van der Waals surface area contributed by atoms with Gasteiger partial charge >= 0.3 is 6.09 Å². The molecule has 2 rings (SSSR count). The predicted octanol–water partition coefficient (Wildman–Crippen LogP) is 2.66. The lowest BCUT2D eigenvalue weighted by Gasteiger charge is -2.13. The van der Waals surface area contributed by atoms with Gasteiger partial charge in [-0.15, -0.1) is 0 Å². The molecule has 2 N–H and O–H groups in total. The number of pyridine rings is 1. The van der Waals surface area contributed by atoms with Gasteiger partial charge in [0.25, 0.3) is 0 Å². The number of fused-ring (bicyclic) bond motifs is 1. The van der Waals surface area contributed by atoms with Crippen molar-refractivity contribution in [1.29, 1.82) is 0 Å². The summed E-state index contributed by atoms with van der Waals surface area (Å²) >= 11 is 3.42. The molecule has 0 aromatic carbocycles. The minimum atomic E-state index is -1.06. The SMILES string of the molecule is C[C@@H](NC(=O)O)c1nc2ccn(C)c2cc1Br. The summed E-state index contributed by atoms with van der Waals surface area (Å²) in [6, 6.07) is 3.49. The van der Waals surface area contributed by atoms with Gasteiger partial charge in [0.1, 0.15) is 0 Å². The molecule has 2 aromatic rings. The topological polar surface area (TPSA) is 67.2 Å². The standard InChI is InChI=1S/C11H12BrN3O2/c1-6(13-11(16)17)10-7(12)5-9-8(14-10)3-4-15(9)2/h3-6,13H,1-2H3,(H,16,17)/t6-/m1/s1. The third kappa shape index (κ3) is 2.26. The second-order valence-electron chi connectivity index (χ2n) is 3.86. The van der Waals surface area contributed by atoms with Gasteiger partial charge in [0.15, 0.2) is 0 Å². The highest BCUT2D eigenvalue weighted by Gasteiger charge is 2.15. The number of hydrogen-bond acceptors (Lipinski definition) is 2. The van der Waals surface area contributed by atoms with Crippen LogP contribution in [0.15, 0.2) is 22.8 Å². The zero-order chi connectivity index (χ0) is 12.6. The highest BCUT2D eigenvalue weighted by atomic mass is 79.9. The summed E-state index contributed by atoms with van der Waals surface area (Å²) in [5.41, 5.74) is 2.54. The van der Waals surface area contributed by atoms with Crippen molar-refractivity contribution in [1.82, 2.24) is 14.9 Å². The third-order valence-electron chi connectivity index (χ3n) is 2.60. The van der Waals surface area contributed by atoms with E-state index >= 15 is 0 Å². The molecule has 0 spiro atoms. The Bertz CT molecular complexity index is 579. The van der Waals surface area contributed by atoms with Crippen LogP contribution in [0.4, 0.5) is 4.79 Å². The molecular weight excluding hydrogens is 286 g/mol. The Labute approximate surface area is 107 Å². The van der Waals surface area contributed by atoms with Gasteiger partial charge in [-0.05, 0) is 35.0 Å². The second-order valence-corrected chi connectivity index (χ2v) is 4.71. The summed E-state index contributed by atoms with van der Waals surface area (Å²) < 4.78 is 2.76. The number of carbonyl (C=O) groups is 1. The molecule has 0 aliphatic carbocycles. The summed E-state index contributed by atoms with van der Waals surface area (Å²) in [6.07, 6.45) is 0.864. The molecule has 1 amide bonds. The van der Waals surface area contributed by atoms with E-state index in [-0.39, 0.29) is 6.04 Å². The van der Waals surface area contributed by atoms with Crippen molar-refractivity contribution < 1.29 is 9.90 Å². The highest BCUT2D eigenvalue weighted by Crippen LogP contribution is 2.26. The van der Waals surface area contributed by atoms with E-state index < -0.39 is 6.09 Å². The summed E-state index contributed by atoms with van der Waals surface area (Å²) in [6.45, 7) is 1.76. The van der Waals surface area contributed by atoms with Crippen LogP contribution in [-0.2, 0) is 7.05 Å². The maximum Gasteiger partial charge on any atom is 0.405 e. The fraction of sp³-hybridized carbons (Fsp3) is 0.273. The van der Waals surface area contributed by atoms with Gasteiger partial charge in [0, 0.05) is 17.7 Å². The van der Waals surface area contributed by atoms with Crippen LogP contribution in [0.2, 0.25) is 0 Å². The molecule has 2 heterocycles. The Hall–Kier alpha value is -1.56. The Morgan fingerprint density at radius 2 is 2.35 bits per heavy atom. The lowest BCUT2D eigenvalue weighted by atomic mass is 10.2. The van der Waals surface area contributed by atoms with Crippen LogP contribution in [-0.4, -0.2) is 20.8 Å². The Balaban J connectivity index is 2.47. The summed E-state index contributed by atoms with van der Waals surface area (Å²) in [4.78, 5) is 15.1. The molecule has 0 aliphatic rings. The van der Waals surface area contributed by atoms with E-state index in [9.17, 15) is 4.79 Å². The van der Waals surface area contributed by atoms with E-state index in [1.807, 2.05) is 29.9 Å². The Kier molecular flexibility index (Phi) is 3.06. The van der Waals surface area contributed by atoms with Gasteiger partial charge < -0.3 is 15.0 Å². The van der Waals surface area contributed by atoms with Crippen molar-refractivity contribution in [2.75, 3.05) is 0 Å². The number of nitrogens with one attached hydrogen (secondary N) is 1. The zero-order valence-corrected chi connectivity index (χ0v) is 11.0. The minimum absolute atomic E-state index is 0.355. The van der Waals surface area contributed by atoms with E-state index in [2.05, 4.69) is 26.2 Å². The van der Waals surface area contributed by atoms with Crippen LogP contribution in [0.5, 0.6) is 0 Å². The van der Waals surface area contributed by atoms with Gasteiger partial charge in [0.05, 0.1) is 22.8 Å². The Morgan fingerprint density at radius 3 is 3.00 bits per heavy atom. The third-order valence-corrected chi connectivity index (χ3v) is 3.23. The van der Waals surface area contributed by atoms with Gasteiger partial charge in [-0.25, -0.2) is 9.78 Å². The highest BCUT2D eigenvalue weighted by molar-refractivity contribution is 9.10.